The normalized spacial score (nSPS) is 15.6. The van der Waals surface area contributed by atoms with E-state index in [2.05, 4.69) is 5.32 Å². The predicted octanol–water partition coefficient (Wildman–Crippen LogP) is 3.27. The summed E-state index contributed by atoms with van der Waals surface area (Å²) in [6.07, 6.45) is 0.697. The molecular weight excluding hydrogens is 404 g/mol. The molecular formula is C22H26N2O5S. The number of hydrogen-bond donors (Lipinski definition) is 1. The molecule has 3 rings (SSSR count). The number of aryl methyl sites for hydroxylation is 2. The smallest absolute Gasteiger partial charge is 0.338 e. The predicted molar refractivity (Wildman–Crippen MR) is 114 cm³/mol. The summed E-state index contributed by atoms with van der Waals surface area (Å²) < 4.78 is 31.8. The fourth-order valence-electron chi connectivity index (χ4n) is 3.23. The van der Waals surface area contributed by atoms with Crippen molar-refractivity contribution in [3.63, 3.8) is 0 Å². The van der Waals surface area contributed by atoms with Gasteiger partial charge in [-0.2, -0.15) is 4.31 Å². The lowest BCUT2D eigenvalue weighted by Crippen LogP contribution is -2.30. The maximum Gasteiger partial charge on any atom is 0.338 e. The summed E-state index contributed by atoms with van der Waals surface area (Å²) in [5.74, 6) is -1.13. The Kier molecular flexibility index (Phi) is 6.58. The third kappa shape index (κ3) is 4.88. The van der Waals surface area contributed by atoms with Crippen LogP contribution in [0.4, 0.5) is 5.69 Å². The summed E-state index contributed by atoms with van der Waals surface area (Å²) >= 11 is 0. The first kappa shape index (κ1) is 22.0. The molecule has 0 spiro atoms. The summed E-state index contributed by atoms with van der Waals surface area (Å²) in [4.78, 5) is 24.9. The van der Waals surface area contributed by atoms with Crippen molar-refractivity contribution in [3.8, 4) is 0 Å². The Morgan fingerprint density at radius 2 is 1.67 bits per heavy atom. The van der Waals surface area contributed by atoms with E-state index < -0.39 is 28.0 Å². The maximum atomic E-state index is 12.6. The first-order chi connectivity index (χ1) is 14.2. The van der Waals surface area contributed by atoms with Crippen molar-refractivity contribution in [1.82, 2.24) is 4.31 Å². The molecule has 1 saturated heterocycles. The quantitative estimate of drug-likeness (QED) is 0.710. The first-order valence-electron chi connectivity index (χ1n) is 9.88. The summed E-state index contributed by atoms with van der Waals surface area (Å²) in [7, 11) is -3.54. The van der Waals surface area contributed by atoms with Gasteiger partial charge in [-0.3, -0.25) is 4.79 Å². The van der Waals surface area contributed by atoms with Crippen molar-refractivity contribution in [2.24, 2.45) is 0 Å². The first-order valence-corrected chi connectivity index (χ1v) is 11.3. The molecule has 1 aliphatic heterocycles. The highest BCUT2D eigenvalue weighted by Gasteiger charge is 2.27. The molecule has 30 heavy (non-hydrogen) atoms. The lowest BCUT2D eigenvalue weighted by atomic mass is 10.1. The molecule has 8 heteroatoms. The maximum absolute atomic E-state index is 12.6. The van der Waals surface area contributed by atoms with Gasteiger partial charge in [-0.1, -0.05) is 12.1 Å². The van der Waals surface area contributed by atoms with Gasteiger partial charge >= 0.3 is 5.97 Å². The Bertz CT molecular complexity index is 1040. The van der Waals surface area contributed by atoms with Crippen LogP contribution < -0.4 is 5.32 Å². The molecule has 1 amide bonds. The Morgan fingerprint density at radius 1 is 1.03 bits per heavy atom. The van der Waals surface area contributed by atoms with Crippen molar-refractivity contribution >= 4 is 27.6 Å². The van der Waals surface area contributed by atoms with Crippen molar-refractivity contribution in [2.75, 3.05) is 18.4 Å². The zero-order chi connectivity index (χ0) is 21.9. The van der Waals surface area contributed by atoms with E-state index in [1.807, 2.05) is 32.0 Å². The largest absolute Gasteiger partial charge is 0.449 e. The number of nitrogens with zero attached hydrogens (tertiary/aromatic N) is 1. The van der Waals surface area contributed by atoms with Gasteiger partial charge in [-0.05, 0) is 75.1 Å². The Hall–Kier alpha value is -2.71. The van der Waals surface area contributed by atoms with E-state index in [-0.39, 0.29) is 10.5 Å². The Balaban J connectivity index is 1.63. The number of amides is 1. The van der Waals surface area contributed by atoms with Gasteiger partial charge in [0, 0.05) is 18.8 Å². The van der Waals surface area contributed by atoms with E-state index in [1.54, 1.807) is 0 Å². The minimum atomic E-state index is -3.54. The second kappa shape index (κ2) is 8.97. The number of carbonyl (C=O) groups is 2. The van der Waals surface area contributed by atoms with E-state index in [4.69, 9.17) is 4.74 Å². The minimum Gasteiger partial charge on any atom is -0.449 e. The number of anilines is 1. The summed E-state index contributed by atoms with van der Waals surface area (Å²) in [5.41, 5.74) is 2.76. The third-order valence-corrected chi connectivity index (χ3v) is 7.01. The van der Waals surface area contributed by atoms with Gasteiger partial charge in [0.2, 0.25) is 10.0 Å². The number of ether oxygens (including phenoxy) is 1. The lowest BCUT2D eigenvalue weighted by molar-refractivity contribution is -0.123. The van der Waals surface area contributed by atoms with Crippen LogP contribution in [0.25, 0.3) is 0 Å². The fourth-order valence-corrected chi connectivity index (χ4v) is 4.74. The summed E-state index contributed by atoms with van der Waals surface area (Å²) in [6.45, 7) is 6.32. The van der Waals surface area contributed by atoms with E-state index in [0.29, 0.717) is 18.8 Å². The van der Waals surface area contributed by atoms with Crippen LogP contribution in [0, 0.1) is 13.8 Å². The zero-order valence-electron chi connectivity index (χ0n) is 17.3. The van der Waals surface area contributed by atoms with Crippen LogP contribution in [0.3, 0.4) is 0 Å². The van der Waals surface area contributed by atoms with Crippen LogP contribution in [0.1, 0.15) is 41.3 Å². The van der Waals surface area contributed by atoms with Gasteiger partial charge in [0.25, 0.3) is 5.91 Å². The third-order valence-electron chi connectivity index (χ3n) is 5.10. The SMILES string of the molecule is Cc1ccc(C)c(NC(=O)C(C)OC(=O)c2ccc(S(=O)(=O)N3CCCC3)cc2)c1. The van der Waals surface area contributed by atoms with Crippen LogP contribution in [-0.4, -0.2) is 43.8 Å². The van der Waals surface area contributed by atoms with Crippen LogP contribution in [0.15, 0.2) is 47.4 Å². The molecule has 1 N–H and O–H groups in total. The van der Waals surface area contributed by atoms with E-state index >= 15 is 0 Å². The second-order valence-electron chi connectivity index (χ2n) is 7.49. The van der Waals surface area contributed by atoms with E-state index in [1.165, 1.54) is 35.5 Å². The standard InChI is InChI=1S/C22H26N2O5S/c1-15-6-7-16(2)20(14-15)23-21(25)17(3)29-22(26)18-8-10-19(11-9-18)30(27,28)24-12-4-5-13-24/h6-11,14,17H,4-5,12-13H2,1-3H3,(H,23,25). The Morgan fingerprint density at radius 3 is 2.30 bits per heavy atom. The van der Waals surface area contributed by atoms with Gasteiger partial charge in [0.05, 0.1) is 10.5 Å². The highest BCUT2D eigenvalue weighted by Crippen LogP contribution is 2.21. The fraction of sp³-hybridized carbons (Fsp3) is 0.364. The van der Waals surface area contributed by atoms with Crippen molar-refractivity contribution in [3.05, 3.63) is 59.2 Å². The van der Waals surface area contributed by atoms with Gasteiger partial charge in [0.15, 0.2) is 6.10 Å². The van der Waals surface area contributed by atoms with Gasteiger partial charge < -0.3 is 10.1 Å². The topological polar surface area (TPSA) is 92.8 Å². The molecule has 2 aromatic rings. The second-order valence-corrected chi connectivity index (χ2v) is 9.43. The summed E-state index contributed by atoms with van der Waals surface area (Å²) in [6, 6.07) is 11.3. The monoisotopic (exact) mass is 430 g/mol. The number of sulfonamides is 1. The molecule has 0 bridgehead atoms. The summed E-state index contributed by atoms with van der Waals surface area (Å²) in [5, 5.41) is 2.77. The molecule has 1 atom stereocenters. The molecule has 1 fully saturated rings. The molecule has 0 radical (unpaired) electrons. The number of carbonyl (C=O) groups excluding carboxylic acids is 2. The zero-order valence-corrected chi connectivity index (χ0v) is 18.2. The van der Waals surface area contributed by atoms with Gasteiger partial charge in [-0.25, -0.2) is 13.2 Å². The van der Waals surface area contributed by atoms with Crippen LogP contribution in [-0.2, 0) is 19.6 Å². The molecule has 7 nitrogen and oxygen atoms in total. The van der Waals surface area contributed by atoms with Crippen LogP contribution >= 0.6 is 0 Å². The molecule has 0 saturated carbocycles. The number of rotatable bonds is 6. The molecule has 2 aromatic carbocycles. The molecule has 0 aromatic heterocycles. The van der Waals surface area contributed by atoms with Crippen molar-refractivity contribution in [2.45, 2.75) is 44.6 Å². The average molecular weight is 431 g/mol. The van der Waals surface area contributed by atoms with Gasteiger partial charge in [-0.15, -0.1) is 0 Å². The number of nitrogens with one attached hydrogen (secondary N) is 1. The molecule has 0 aliphatic carbocycles. The lowest BCUT2D eigenvalue weighted by Gasteiger charge is -2.16. The van der Waals surface area contributed by atoms with Crippen LogP contribution in [0.5, 0.6) is 0 Å². The van der Waals surface area contributed by atoms with E-state index in [9.17, 15) is 18.0 Å². The molecule has 1 unspecified atom stereocenters. The molecule has 1 aliphatic rings. The number of benzene rings is 2. The molecule has 160 valence electrons. The average Bonchev–Trinajstić information content (AvgIpc) is 3.26. The highest BCUT2D eigenvalue weighted by atomic mass is 32.2. The number of esters is 1. The van der Waals surface area contributed by atoms with Crippen LogP contribution in [0.2, 0.25) is 0 Å². The number of hydrogen-bond acceptors (Lipinski definition) is 5. The highest BCUT2D eigenvalue weighted by molar-refractivity contribution is 7.89. The van der Waals surface area contributed by atoms with Crippen molar-refractivity contribution < 1.29 is 22.7 Å². The van der Waals surface area contributed by atoms with Gasteiger partial charge in [0.1, 0.15) is 0 Å². The van der Waals surface area contributed by atoms with Crippen molar-refractivity contribution in [1.29, 1.82) is 0 Å². The Labute approximate surface area is 177 Å². The molecule has 1 heterocycles. The van der Waals surface area contributed by atoms with E-state index in [0.717, 1.165) is 24.0 Å². The minimum absolute atomic E-state index is 0.140.